The molecule has 0 aliphatic carbocycles. The van der Waals surface area contributed by atoms with E-state index in [4.69, 9.17) is 9.84 Å². The molecule has 0 spiro atoms. The van der Waals surface area contributed by atoms with Gasteiger partial charge in [-0.2, -0.15) is 0 Å². The van der Waals surface area contributed by atoms with Gasteiger partial charge in [-0.1, -0.05) is 12.1 Å². The first-order valence-corrected chi connectivity index (χ1v) is 5.47. The predicted molar refractivity (Wildman–Crippen MR) is 62.3 cm³/mol. The lowest BCUT2D eigenvalue weighted by atomic mass is 10.1. The van der Waals surface area contributed by atoms with Crippen LogP contribution in [0.25, 0.3) is 0 Å². The van der Waals surface area contributed by atoms with Gasteiger partial charge in [-0.25, -0.2) is 0 Å². The molecule has 1 unspecified atom stereocenters. The highest BCUT2D eigenvalue weighted by Crippen LogP contribution is 2.19. The Morgan fingerprint density at radius 1 is 1.33 bits per heavy atom. The Kier molecular flexibility index (Phi) is 4.63. The second-order valence-electron chi connectivity index (χ2n) is 4.11. The average molecular weight is 208 g/mol. The Morgan fingerprint density at radius 3 is 2.73 bits per heavy atom. The summed E-state index contributed by atoms with van der Waals surface area (Å²) in [5.74, 6) is 0.959. The van der Waals surface area contributed by atoms with Gasteiger partial charge in [0.15, 0.2) is 0 Å². The van der Waals surface area contributed by atoms with Crippen LogP contribution >= 0.6 is 0 Å². The van der Waals surface area contributed by atoms with Crippen LogP contribution in [-0.2, 0) is 0 Å². The maximum atomic E-state index is 9.09. The largest absolute Gasteiger partial charge is 0.493 e. The van der Waals surface area contributed by atoms with E-state index < -0.39 is 0 Å². The maximum absolute atomic E-state index is 9.09. The van der Waals surface area contributed by atoms with Gasteiger partial charge in [-0.3, -0.25) is 0 Å². The van der Waals surface area contributed by atoms with Crippen molar-refractivity contribution in [3.05, 3.63) is 29.3 Å². The molecule has 1 aromatic rings. The van der Waals surface area contributed by atoms with Crippen molar-refractivity contribution in [2.24, 2.45) is 0 Å². The van der Waals surface area contributed by atoms with Crippen LogP contribution in [0.5, 0.6) is 5.75 Å². The van der Waals surface area contributed by atoms with Crippen LogP contribution in [-0.4, -0.2) is 17.8 Å². The van der Waals surface area contributed by atoms with Gasteiger partial charge in [0.1, 0.15) is 5.75 Å². The highest BCUT2D eigenvalue weighted by Gasteiger charge is 2.00. The summed E-state index contributed by atoms with van der Waals surface area (Å²) < 4.78 is 5.66. The number of aryl methyl sites for hydroxylation is 2. The lowest BCUT2D eigenvalue weighted by molar-refractivity contribution is 0.170. The molecule has 0 fully saturated rings. The number of hydrogen-bond acceptors (Lipinski definition) is 2. The van der Waals surface area contributed by atoms with Gasteiger partial charge in [0.2, 0.25) is 0 Å². The van der Waals surface area contributed by atoms with Crippen molar-refractivity contribution in [3.63, 3.8) is 0 Å². The summed E-state index contributed by atoms with van der Waals surface area (Å²) in [5.41, 5.74) is 2.38. The smallest absolute Gasteiger partial charge is 0.122 e. The number of rotatable bonds is 5. The van der Waals surface area contributed by atoms with Crippen molar-refractivity contribution in [1.82, 2.24) is 0 Å². The van der Waals surface area contributed by atoms with Gasteiger partial charge in [-0.05, 0) is 50.8 Å². The highest BCUT2D eigenvalue weighted by molar-refractivity contribution is 5.35. The minimum Gasteiger partial charge on any atom is -0.493 e. The molecule has 1 rings (SSSR count). The van der Waals surface area contributed by atoms with Gasteiger partial charge in [0.25, 0.3) is 0 Å². The van der Waals surface area contributed by atoms with E-state index in [1.54, 1.807) is 6.92 Å². The van der Waals surface area contributed by atoms with E-state index in [1.807, 2.05) is 6.92 Å². The molecule has 0 amide bonds. The number of ether oxygens (including phenoxy) is 1. The molecule has 2 heteroatoms. The van der Waals surface area contributed by atoms with Crippen LogP contribution in [0.1, 0.15) is 30.9 Å². The molecule has 0 saturated carbocycles. The fraction of sp³-hybridized carbons (Fsp3) is 0.538. The maximum Gasteiger partial charge on any atom is 0.122 e. The fourth-order valence-corrected chi connectivity index (χ4v) is 1.42. The molecule has 1 atom stereocenters. The second-order valence-corrected chi connectivity index (χ2v) is 4.11. The number of aliphatic hydroxyl groups is 1. The fourth-order valence-electron chi connectivity index (χ4n) is 1.42. The van der Waals surface area contributed by atoms with E-state index in [0.717, 1.165) is 24.2 Å². The second kappa shape index (κ2) is 5.76. The minimum absolute atomic E-state index is 0.229. The molecule has 0 aliphatic rings. The molecule has 1 N–H and O–H groups in total. The Morgan fingerprint density at radius 2 is 2.07 bits per heavy atom. The summed E-state index contributed by atoms with van der Waals surface area (Å²) in [4.78, 5) is 0. The van der Waals surface area contributed by atoms with E-state index in [-0.39, 0.29) is 6.10 Å². The van der Waals surface area contributed by atoms with Crippen LogP contribution < -0.4 is 4.74 Å². The summed E-state index contributed by atoms with van der Waals surface area (Å²) in [6, 6.07) is 6.20. The molecular weight excluding hydrogens is 188 g/mol. The van der Waals surface area contributed by atoms with E-state index in [9.17, 15) is 0 Å². The standard InChI is InChI=1S/C13H20O2/c1-10-6-7-11(2)13(9-10)15-8-4-5-12(3)14/h6-7,9,12,14H,4-5,8H2,1-3H3. The molecule has 0 saturated heterocycles. The number of aliphatic hydroxyl groups excluding tert-OH is 1. The number of hydrogen-bond donors (Lipinski definition) is 1. The average Bonchev–Trinajstić information content (AvgIpc) is 2.17. The number of benzene rings is 1. The summed E-state index contributed by atoms with van der Waals surface area (Å²) in [7, 11) is 0. The Labute approximate surface area is 91.9 Å². The zero-order chi connectivity index (χ0) is 11.3. The van der Waals surface area contributed by atoms with Gasteiger partial charge in [0.05, 0.1) is 12.7 Å². The third-order valence-corrected chi connectivity index (χ3v) is 2.37. The normalized spacial score (nSPS) is 12.5. The van der Waals surface area contributed by atoms with E-state index in [0.29, 0.717) is 6.61 Å². The summed E-state index contributed by atoms with van der Waals surface area (Å²) in [5, 5.41) is 9.09. The Bertz CT molecular complexity index is 305. The van der Waals surface area contributed by atoms with Crippen LogP contribution in [0.3, 0.4) is 0 Å². The Hall–Kier alpha value is -1.02. The SMILES string of the molecule is Cc1ccc(C)c(OCCCC(C)O)c1. The summed E-state index contributed by atoms with van der Waals surface area (Å²) >= 11 is 0. The summed E-state index contributed by atoms with van der Waals surface area (Å²) in [6.45, 7) is 6.58. The summed E-state index contributed by atoms with van der Waals surface area (Å²) in [6.07, 6.45) is 1.46. The molecule has 15 heavy (non-hydrogen) atoms. The molecule has 1 aromatic carbocycles. The third-order valence-electron chi connectivity index (χ3n) is 2.37. The monoisotopic (exact) mass is 208 g/mol. The topological polar surface area (TPSA) is 29.5 Å². The van der Waals surface area contributed by atoms with Gasteiger partial charge in [-0.15, -0.1) is 0 Å². The van der Waals surface area contributed by atoms with Gasteiger partial charge < -0.3 is 9.84 Å². The molecule has 0 bridgehead atoms. The van der Waals surface area contributed by atoms with E-state index >= 15 is 0 Å². The zero-order valence-electron chi connectivity index (χ0n) is 9.79. The van der Waals surface area contributed by atoms with Crippen molar-refractivity contribution < 1.29 is 9.84 Å². The third kappa shape index (κ3) is 4.34. The van der Waals surface area contributed by atoms with Crippen LogP contribution in [0.2, 0.25) is 0 Å². The van der Waals surface area contributed by atoms with Crippen molar-refractivity contribution in [2.75, 3.05) is 6.61 Å². The minimum atomic E-state index is -0.229. The van der Waals surface area contributed by atoms with Crippen molar-refractivity contribution in [1.29, 1.82) is 0 Å². The first-order valence-electron chi connectivity index (χ1n) is 5.47. The molecule has 2 nitrogen and oxygen atoms in total. The lowest BCUT2D eigenvalue weighted by Gasteiger charge is -2.10. The molecule has 0 radical (unpaired) electrons. The van der Waals surface area contributed by atoms with Crippen molar-refractivity contribution >= 4 is 0 Å². The van der Waals surface area contributed by atoms with Crippen molar-refractivity contribution in [3.8, 4) is 5.75 Å². The zero-order valence-corrected chi connectivity index (χ0v) is 9.79. The molecule has 0 heterocycles. The predicted octanol–water partition coefficient (Wildman–Crippen LogP) is 2.84. The molecule has 84 valence electrons. The Balaban J connectivity index is 2.40. The first kappa shape index (κ1) is 12.1. The lowest BCUT2D eigenvalue weighted by Crippen LogP contribution is -2.05. The molecule has 0 aromatic heterocycles. The highest BCUT2D eigenvalue weighted by atomic mass is 16.5. The first-order chi connectivity index (χ1) is 7.09. The van der Waals surface area contributed by atoms with Crippen LogP contribution in [0, 0.1) is 13.8 Å². The van der Waals surface area contributed by atoms with Crippen LogP contribution in [0.4, 0.5) is 0 Å². The van der Waals surface area contributed by atoms with Gasteiger partial charge >= 0.3 is 0 Å². The molecule has 0 aliphatic heterocycles. The van der Waals surface area contributed by atoms with Crippen LogP contribution in [0.15, 0.2) is 18.2 Å². The quantitative estimate of drug-likeness (QED) is 0.754. The van der Waals surface area contributed by atoms with Gasteiger partial charge in [0, 0.05) is 0 Å². The van der Waals surface area contributed by atoms with E-state index in [1.165, 1.54) is 5.56 Å². The van der Waals surface area contributed by atoms with E-state index in [2.05, 4.69) is 25.1 Å². The van der Waals surface area contributed by atoms with Crippen molar-refractivity contribution in [2.45, 2.75) is 39.7 Å². The molecular formula is C13H20O2.